The SMILES string of the molecule is CN(C(=O)COC(=O)CSc1ccc([N+](=O)[O-])cc1)[C@H]1CCS(=O)(=O)C1. The van der Waals surface area contributed by atoms with E-state index >= 15 is 0 Å². The molecule has 0 aliphatic carbocycles. The van der Waals surface area contributed by atoms with Crippen molar-refractivity contribution in [3.8, 4) is 0 Å². The number of benzene rings is 1. The van der Waals surface area contributed by atoms with E-state index in [0.717, 1.165) is 11.8 Å². The van der Waals surface area contributed by atoms with E-state index in [0.29, 0.717) is 11.3 Å². The third kappa shape index (κ3) is 5.70. The fourth-order valence-electron chi connectivity index (χ4n) is 2.38. The molecule has 1 aromatic carbocycles. The molecule has 1 heterocycles. The van der Waals surface area contributed by atoms with Gasteiger partial charge in [0.25, 0.3) is 11.6 Å². The lowest BCUT2D eigenvalue weighted by Crippen LogP contribution is -2.40. The van der Waals surface area contributed by atoms with E-state index in [9.17, 15) is 28.1 Å². The number of rotatable bonds is 7. The van der Waals surface area contributed by atoms with E-state index < -0.39 is 33.2 Å². The molecule has 1 aliphatic heterocycles. The first-order chi connectivity index (χ1) is 12.2. The van der Waals surface area contributed by atoms with Crippen LogP contribution in [-0.4, -0.2) is 67.1 Å². The van der Waals surface area contributed by atoms with Gasteiger partial charge >= 0.3 is 5.97 Å². The van der Waals surface area contributed by atoms with Crippen molar-refractivity contribution in [3.63, 3.8) is 0 Å². The third-order valence-electron chi connectivity index (χ3n) is 3.91. The molecule has 1 fully saturated rings. The summed E-state index contributed by atoms with van der Waals surface area (Å²) in [6, 6.07) is 5.33. The van der Waals surface area contributed by atoms with Crippen LogP contribution in [0.5, 0.6) is 0 Å². The summed E-state index contributed by atoms with van der Waals surface area (Å²) in [5.41, 5.74) is -0.0421. The molecule has 2 rings (SSSR count). The van der Waals surface area contributed by atoms with Crippen molar-refractivity contribution in [2.75, 3.05) is 30.9 Å². The second kappa shape index (κ2) is 8.49. The van der Waals surface area contributed by atoms with E-state index in [4.69, 9.17) is 4.74 Å². The average molecular weight is 402 g/mol. The molecule has 1 amide bonds. The molecule has 26 heavy (non-hydrogen) atoms. The Morgan fingerprint density at radius 3 is 2.54 bits per heavy atom. The molecule has 0 radical (unpaired) electrons. The number of esters is 1. The van der Waals surface area contributed by atoms with E-state index in [1.54, 1.807) is 0 Å². The van der Waals surface area contributed by atoms with Crippen molar-refractivity contribution >= 4 is 39.2 Å². The standard InChI is InChI=1S/C15H18N2O7S2/c1-16(12-6-7-26(22,23)10-12)14(18)8-24-15(19)9-25-13-4-2-11(3-5-13)17(20)21/h2-5,12H,6-10H2,1H3/t12-/m0/s1. The fourth-order valence-corrected chi connectivity index (χ4v) is 4.85. The highest BCUT2D eigenvalue weighted by molar-refractivity contribution is 8.00. The summed E-state index contributed by atoms with van der Waals surface area (Å²) < 4.78 is 27.8. The highest BCUT2D eigenvalue weighted by Gasteiger charge is 2.32. The lowest BCUT2D eigenvalue weighted by Gasteiger charge is -2.23. The predicted molar refractivity (Wildman–Crippen MR) is 94.6 cm³/mol. The number of nitro benzene ring substituents is 1. The number of nitro groups is 1. The average Bonchev–Trinajstić information content (AvgIpc) is 2.97. The lowest BCUT2D eigenvalue weighted by atomic mass is 10.2. The Bertz CT molecular complexity index is 793. The summed E-state index contributed by atoms with van der Waals surface area (Å²) in [6.07, 6.45) is 0.383. The molecule has 0 N–H and O–H groups in total. The summed E-state index contributed by atoms with van der Waals surface area (Å²) in [7, 11) is -1.61. The van der Waals surface area contributed by atoms with Crippen molar-refractivity contribution in [2.45, 2.75) is 17.4 Å². The van der Waals surface area contributed by atoms with E-state index in [1.165, 1.54) is 36.2 Å². The topological polar surface area (TPSA) is 124 Å². The van der Waals surface area contributed by atoms with Gasteiger partial charge in [-0.15, -0.1) is 11.8 Å². The number of sulfone groups is 1. The van der Waals surface area contributed by atoms with Gasteiger partial charge in [-0.3, -0.25) is 19.7 Å². The third-order valence-corrected chi connectivity index (χ3v) is 6.65. The first kappa shape index (κ1) is 20.2. The van der Waals surface area contributed by atoms with Crippen molar-refractivity contribution in [1.29, 1.82) is 0 Å². The molecule has 11 heteroatoms. The normalized spacial score (nSPS) is 18.3. The lowest BCUT2D eigenvalue weighted by molar-refractivity contribution is -0.384. The van der Waals surface area contributed by atoms with Crippen LogP contribution < -0.4 is 0 Å². The summed E-state index contributed by atoms with van der Waals surface area (Å²) in [6.45, 7) is -0.452. The zero-order chi connectivity index (χ0) is 19.3. The maximum Gasteiger partial charge on any atom is 0.316 e. The van der Waals surface area contributed by atoms with Crippen molar-refractivity contribution in [2.24, 2.45) is 0 Å². The number of thioether (sulfide) groups is 1. The summed E-state index contributed by atoms with van der Waals surface area (Å²) in [4.78, 5) is 35.8. The first-order valence-electron chi connectivity index (χ1n) is 7.67. The highest BCUT2D eigenvalue weighted by Crippen LogP contribution is 2.21. The summed E-state index contributed by atoms with van der Waals surface area (Å²) >= 11 is 1.13. The predicted octanol–water partition coefficient (Wildman–Crippen LogP) is 0.876. The minimum Gasteiger partial charge on any atom is -0.455 e. The van der Waals surface area contributed by atoms with E-state index in [-0.39, 0.29) is 29.0 Å². The fraction of sp³-hybridized carbons (Fsp3) is 0.467. The van der Waals surface area contributed by atoms with Gasteiger partial charge in [0.05, 0.1) is 22.2 Å². The van der Waals surface area contributed by atoms with Crippen LogP contribution in [0.15, 0.2) is 29.2 Å². The number of carbonyl (C=O) groups is 2. The van der Waals surface area contributed by atoms with Crippen molar-refractivity contribution in [1.82, 2.24) is 4.90 Å². The number of non-ortho nitro benzene ring substituents is 1. The Balaban J connectivity index is 1.74. The van der Waals surface area contributed by atoms with Gasteiger partial charge in [-0.1, -0.05) is 0 Å². The second-order valence-corrected chi connectivity index (χ2v) is 9.04. The van der Waals surface area contributed by atoms with Crippen LogP contribution in [0.2, 0.25) is 0 Å². The van der Waals surface area contributed by atoms with Crippen LogP contribution in [0.25, 0.3) is 0 Å². The smallest absolute Gasteiger partial charge is 0.316 e. The Morgan fingerprint density at radius 1 is 1.35 bits per heavy atom. The molecule has 1 saturated heterocycles. The van der Waals surface area contributed by atoms with Gasteiger partial charge in [0.2, 0.25) is 0 Å². The Morgan fingerprint density at radius 2 is 2.00 bits per heavy atom. The van der Waals surface area contributed by atoms with Crippen LogP contribution in [0.1, 0.15) is 6.42 Å². The molecule has 0 bridgehead atoms. The van der Waals surface area contributed by atoms with Crippen LogP contribution in [0.3, 0.4) is 0 Å². The Hall–Kier alpha value is -2.14. The largest absolute Gasteiger partial charge is 0.455 e. The molecule has 0 aromatic heterocycles. The molecular formula is C15H18N2O7S2. The molecule has 0 saturated carbocycles. The van der Waals surface area contributed by atoms with Crippen molar-refractivity contribution in [3.05, 3.63) is 34.4 Å². The summed E-state index contributed by atoms with van der Waals surface area (Å²) in [5, 5.41) is 10.6. The van der Waals surface area contributed by atoms with Crippen LogP contribution in [0, 0.1) is 10.1 Å². The number of likely N-dealkylation sites (N-methyl/N-ethyl adjacent to an activating group) is 1. The monoisotopic (exact) mass is 402 g/mol. The maximum absolute atomic E-state index is 12.0. The molecule has 1 atom stereocenters. The number of carbonyl (C=O) groups excluding carboxylic acids is 2. The zero-order valence-corrected chi connectivity index (χ0v) is 15.6. The second-order valence-electron chi connectivity index (χ2n) is 5.76. The number of ether oxygens (including phenoxy) is 1. The quantitative estimate of drug-likeness (QED) is 0.285. The molecule has 1 aliphatic rings. The minimum atomic E-state index is -3.10. The number of hydrogen-bond donors (Lipinski definition) is 0. The molecular weight excluding hydrogens is 384 g/mol. The van der Waals surface area contributed by atoms with Gasteiger partial charge in [-0.05, 0) is 18.6 Å². The van der Waals surface area contributed by atoms with E-state index in [2.05, 4.69) is 0 Å². The van der Waals surface area contributed by atoms with Gasteiger partial charge in [0, 0.05) is 30.1 Å². The van der Waals surface area contributed by atoms with Crippen molar-refractivity contribution < 1.29 is 27.7 Å². The molecule has 9 nitrogen and oxygen atoms in total. The van der Waals surface area contributed by atoms with Crippen LogP contribution in [0.4, 0.5) is 5.69 Å². The molecule has 0 unspecified atom stereocenters. The van der Waals surface area contributed by atoms with Gasteiger partial charge < -0.3 is 9.64 Å². The van der Waals surface area contributed by atoms with Gasteiger partial charge in [-0.2, -0.15) is 0 Å². The Labute approximate surface area is 154 Å². The zero-order valence-electron chi connectivity index (χ0n) is 14.0. The van der Waals surface area contributed by atoms with Gasteiger partial charge in [0.15, 0.2) is 16.4 Å². The first-order valence-corrected chi connectivity index (χ1v) is 10.5. The van der Waals surface area contributed by atoms with E-state index in [1.807, 2.05) is 0 Å². The molecule has 1 aromatic rings. The highest BCUT2D eigenvalue weighted by atomic mass is 32.2. The Kier molecular flexibility index (Phi) is 6.59. The van der Waals surface area contributed by atoms with Gasteiger partial charge in [-0.25, -0.2) is 8.42 Å². The van der Waals surface area contributed by atoms with Gasteiger partial charge in [0.1, 0.15) is 0 Å². The number of nitrogens with zero attached hydrogens (tertiary/aromatic N) is 2. The maximum atomic E-state index is 12.0. The molecule has 0 spiro atoms. The number of hydrogen-bond acceptors (Lipinski definition) is 8. The summed E-state index contributed by atoms with van der Waals surface area (Å²) in [5.74, 6) is -1.12. The minimum absolute atomic E-state index is 0.0421. The van der Waals surface area contributed by atoms with Crippen LogP contribution in [-0.2, 0) is 24.2 Å². The number of amides is 1. The van der Waals surface area contributed by atoms with Crippen LogP contribution >= 0.6 is 11.8 Å². The molecule has 142 valence electrons.